The molecule has 3 heteroatoms. The molecule has 0 aromatic rings. The minimum Gasteiger partial charge on any atom is -0.396 e. The zero-order valence-corrected chi connectivity index (χ0v) is 10.2. The second-order valence-electron chi connectivity index (χ2n) is 4.31. The maximum Gasteiger partial charge on any atom is 0.0562 e. The largest absolute Gasteiger partial charge is 0.396 e. The van der Waals surface area contributed by atoms with Crippen LogP contribution in [0.3, 0.4) is 0 Å². The zero-order chi connectivity index (χ0) is 11.5. The van der Waals surface area contributed by atoms with Gasteiger partial charge in [-0.1, -0.05) is 19.8 Å². The Balaban J connectivity index is 3.63. The average Bonchev–Trinajstić information content (AvgIpc) is 2.22. The first-order chi connectivity index (χ1) is 7.24. The lowest BCUT2D eigenvalue weighted by Crippen LogP contribution is -2.21. The van der Waals surface area contributed by atoms with Crippen molar-refractivity contribution in [1.29, 1.82) is 0 Å². The normalized spacial score (nSPS) is 15.2. The molecular weight excluding hydrogens is 190 g/mol. The molecule has 0 radical (unpaired) electrons. The van der Waals surface area contributed by atoms with E-state index < -0.39 is 0 Å². The van der Waals surface area contributed by atoms with Crippen LogP contribution in [0.25, 0.3) is 0 Å². The standard InChI is InChI=1S/C12H27NO2/c1-3-4-5-11(10-13-2)6-7-12(15)8-9-14/h11-15H,3-10H2,1-2H3. The molecule has 2 atom stereocenters. The molecule has 0 bridgehead atoms. The van der Waals surface area contributed by atoms with E-state index in [4.69, 9.17) is 5.11 Å². The van der Waals surface area contributed by atoms with Gasteiger partial charge in [-0.2, -0.15) is 0 Å². The maximum absolute atomic E-state index is 9.51. The van der Waals surface area contributed by atoms with Gasteiger partial charge in [-0.25, -0.2) is 0 Å². The van der Waals surface area contributed by atoms with Crippen LogP contribution in [0.1, 0.15) is 45.4 Å². The highest BCUT2D eigenvalue weighted by Gasteiger charge is 2.10. The van der Waals surface area contributed by atoms with Crippen LogP contribution in [0.5, 0.6) is 0 Å². The van der Waals surface area contributed by atoms with Gasteiger partial charge in [0.25, 0.3) is 0 Å². The van der Waals surface area contributed by atoms with Crippen LogP contribution in [0, 0.1) is 5.92 Å². The van der Waals surface area contributed by atoms with Crippen LogP contribution in [0.2, 0.25) is 0 Å². The lowest BCUT2D eigenvalue weighted by atomic mass is 9.94. The van der Waals surface area contributed by atoms with Gasteiger partial charge in [0.15, 0.2) is 0 Å². The van der Waals surface area contributed by atoms with Crippen molar-refractivity contribution in [2.75, 3.05) is 20.2 Å². The van der Waals surface area contributed by atoms with E-state index >= 15 is 0 Å². The third-order valence-corrected chi connectivity index (χ3v) is 2.83. The minimum absolute atomic E-state index is 0.0901. The van der Waals surface area contributed by atoms with E-state index in [9.17, 15) is 5.11 Å². The van der Waals surface area contributed by atoms with Gasteiger partial charge >= 0.3 is 0 Å². The van der Waals surface area contributed by atoms with E-state index in [0.29, 0.717) is 12.3 Å². The molecule has 0 saturated heterocycles. The van der Waals surface area contributed by atoms with Crippen LogP contribution < -0.4 is 5.32 Å². The van der Waals surface area contributed by atoms with Crippen LogP contribution in [-0.4, -0.2) is 36.5 Å². The summed E-state index contributed by atoms with van der Waals surface area (Å²) < 4.78 is 0. The Hall–Kier alpha value is -0.120. The number of aliphatic hydroxyl groups is 2. The van der Waals surface area contributed by atoms with Gasteiger partial charge in [0.05, 0.1) is 6.10 Å². The van der Waals surface area contributed by atoms with Crippen molar-refractivity contribution in [2.24, 2.45) is 5.92 Å². The van der Waals surface area contributed by atoms with Gasteiger partial charge in [0.2, 0.25) is 0 Å². The predicted octanol–water partition coefficient (Wildman–Crippen LogP) is 1.54. The first-order valence-corrected chi connectivity index (χ1v) is 6.18. The summed E-state index contributed by atoms with van der Waals surface area (Å²) in [5.41, 5.74) is 0. The number of rotatable bonds is 10. The summed E-state index contributed by atoms with van der Waals surface area (Å²) in [6, 6.07) is 0. The predicted molar refractivity (Wildman–Crippen MR) is 63.9 cm³/mol. The van der Waals surface area contributed by atoms with Crippen molar-refractivity contribution in [1.82, 2.24) is 5.32 Å². The van der Waals surface area contributed by atoms with Gasteiger partial charge in [-0.3, -0.25) is 0 Å². The fraction of sp³-hybridized carbons (Fsp3) is 1.00. The fourth-order valence-corrected chi connectivity index (χ4v) is 1.85. The summed E-state index contributed by atoms with van der Waals surface area (Å²) in [7, 11) is 1.98. The summed E-state index contributed by atoms with van der Waals surface area (Å²) in [6.07, 6.45) is 5.81. The van der Waals surface area contributed by atoms with E-state index in [-0.39, 0.29) is 12.7 Å². The van der Waals surface area contributed by atoms with Crippen molar-refractivity contribution in [2.45, 2.75) is 51.6 Å². The molecule has 0 saturated carbocycles. The van der Waals surface area contributed by atoms with Crippen LogP contribution >= 0.6 is 0 Å². The van der Waals surface area contributed by atoms with Crippen LogP contribution in [0.4, 0.5) is 0 Å². The van der Waals surface area contributed by atoms with E-state index in [2.05, 4.69) is 12.2 Å². The second-order valence-corrected chi connectivity index (χ2v) is 4.31. The van der Waals surface area contributed by atoms with Crippen molar-refractivity contribution >= 4 is 0 Å². The summed E-state index contributed by atoms with van der Waals surface area (Å²) in [5, 5.41) is 21.4. The number of aliphatic hydroxyl groups excluding tert-OH is 2. The molecule has 0 aliphatic carbocycles. The summed E-state index contributed by atoms with van der Waals surface area (Å²) in [5.74, 6) is 0.670. The van der Waals surface area contributed by atoms with E-state index in [1.165, 1.54) is 19.3 Å². The third kappa shape index (κ3) is 8.85. The Morgan fingerprint density at radius 1 is 1.13 bits per heavy atom. The Morgan fingerprint density at radius 2 is 1.87 bits per heavy atom. The summed E-state index contributed by atoms with van der Waals surface area (Å²) in [6.45, 7) is 3.33. The lowest BCUT2D eigenvalue weighted by Gasteiger charge is -2.17. The molecule has 92 valence electrons. The molecule has 0 rings (SSSR count). The van der Waals surface area contributed by atoms with Crippen molar-refractivity contribution in [3.05, 3.63) is 0 Å². The first kappa shape index (κ1) is 14.9. The molecule has 0 amide bonds. The zero-order valence-electron chi connectivity index (χ0n) is 10.2. The first-order valence-electron chi connectivity index (χ1n) is 6.18. The number of hydrogen-bond donors (Lipinski definition) is 3. The average molecular weight is 217 g/mol. The van der Waals surface area contributed by atoms with Crippen molar-refractivity contribution < 1.29 is 10.2 Å². The van der Waals surface area contributed by atoms with Crippen LogP contribution in [-0.2, 0) is 0 Å². The third-order valence-electron chi connectivity index (χ3n) is 2.83. The van der Waals surface area contributed by atoms with Crippen molar-refractivity contribution in [3.63, 3.8) is 0 Å². The Kier molecular flexibility index (Phi) is 10.3. The Bertz CT molecular complexity index is 131. The minimum atomic E-state index is -0.323. The fourth-order valence-electron chi connectivity index (χ4n) is 1.85. The topological polar surface area (TPSA) is 52.5 Å². The van der Waals surface area contributed by atoms with E-state index in [1.807, 2.05) is 7.05 Å². The molecule has 0 aromatic heterocycles. The SMILES string of the molecule is CCCCC(CCC(O)CCO)CNC. The summed E-state index contributed by atoms with van der Waals surface area (Å²) >= 11 is 0. The molecule has 3 nitrogen and oxygen atoms in total. The summed E-state index contributed by atoms with van der Waals surface area (Å²) in [4.78, 5) is 0. The monoisotopic (exact) mass is 217 g/mol. The highest BCUT2D eigenvalue weighted by molar-refractivity contribution is 4.65. The highest BCUT2D eigenvalue weighted by atomic mass is 16.3. The van der Waals surface area contributed by atoms with Gasteiger partial charge in [0.1, 0.15) is 0 Å². The Labute approximate surface area is 93.9 Å². The van der Waals surface area contributed by atoms with E-state index in [1.54, 1.807) is 0 Å². The van der Waals surface area contributed by atoms with Gasteiger partial charge in [0, 0.05) is 6.61 Å². The van der Waals surface area contributed by atoms with Gasteiger partial charge in [-0.15, -0.1) is 0 Å². The molecular formula is C12H27NO2. The molecule has 2 unspecified atom stereocenters. The molecule has 0 aliphatic heterocycles. The van der Waals surface area contributed by atoms with Crippen molar-refractivity contribution in [3.8, 4) is 0 Å². The highest BCUT2D eigenvalue weighted by Crippen LogP contribution is 2.16. The molecule has 0 heterocycles. The molecule has 3 N–H and O–H groups in total. The molecule has 0 fully saturated rings. The smallest absolute Gasteiger partial charge is 0.0562 e. The molecule has 0 aromatic carbocycles. The number of nitrogens with one attached hydrogen (secondary N) is 1. The maximum atomic E-state index is 9.51. The van der Waals surface area contributed by atoms with E-state index in [0.717, 1.165) is 19.4 Å². The second kappa shape index (κ2) is 10.4. The number of hydrogen-bond acceptors (Lipinski definition) is 3. The molecule has 15 heavy (non-hydrogen) atoms. The van der Waals surface area contributed by atoms with Gasteiger partial charge < -0.3 is 15.5 Å². The quantitative estimate of drug-likeness (QED) is 0.520. The molecule has 0 spiro atoms. The number of unbranched alkanes of at least 4 members (excludes halogenated alkanes) is 1. The Morgan fingerprint density at radius 3 is 2.40 bits per heavy atom. The molecule has 0 aliphatic rings. The van der Waals surface area contributed by atoms with Gasteiger partial charge in [-0.05, 0) is 45.2 Å². The van der Waals surface area contributed by atoms with Crippen LogP contribution in [0.15, 0.2) is 0 Å². The lowest BCUT2D eigenvalue weighted by molar-refractivity contribution is 0.117.